The lowest BCUT2D eigenvalue weighted by atomic mass is 10.0. The van der Waals surface area contributed by atoms with Gasteiger partial charge in [-0.1, -0.05) is 129 Å². The highest BCUT2D eigenvalue weighted by atomic mass is 16.5. The number of unbranched alkanes of at least 4 members (excludes halogenated alkanes) is 18. The van der Waals surface area contributed by atoms with E-state index in [1.807, 2.05) is 12.1 Å². The molecule has 0 unspecified atom stereocenters. The molecular weight excluding hydrogens is 418 g/mol. The third kappa shape index (κ3) is 17.9. The van der Waals surface area contributed by atoms with Crippen LogP contribution in [0.5, 0.6) is 11.5 Å². The van der Waals surface area contributed by atoms with Gasteiger partial charge in [0, 0.05) is 24.4 Å². The summed E-state index contributed by atoms with van der Waals surface area (Å²) in [5, 5.41) is 10.2. The van der Waals surface area contributed by atoms with Crippen LogP contribution >= 0.6 is 0 Å². The molecule has 0 saturated heterocycles. The van der Waals surface area contributed by atoms with Crippen LogP contribution in [0.2, 0.25) is 0 Å². The lowest BCUT2D eigenvalue weighted by Gasteiger charge is -2.07. The van der Waals surface area contributed by atoms with E-state index in [2.05, 4.69) is 18.8 Å². The second-order valence-electron chi connectivity index (χ2n) is 9.97. The second-order valence-corrected chi connectivity index (χ2v) is 9.97. The highest BCUT2D eigenvalue weighted by Gasteiger charge is 2.02. The maximum Gasteiger partial charge on any atom is 0.128 e. The third-order valence-corrected chi connectivity index (χ3v) is 6.64. The van der Waals surface area contributed by atoms with E-state index >= 15 is 0 Å². The van der Waals surface area contributed by atoms with Gasteiger partial charge in [-0.2, -0.15) is 0 Å². The molecule has 0 aliphatic rings. The van der Waals surface area contributed by atoms with Crippen LogP contribution in [0.3, 0.4) is 0 Å². The molecule has 0 fully saturated rings. The Morgan fingerprint density at radius 1 is 0.647 bits per heavy atom. The largest absolute Gasteiger partial charge is 0.507 e. The second kappa shape index (κ2) is 23.2. The van der Waals surface area contributed by atoms with Crippen molar-refractivity contribution in [1.29, 1.82) is 0 Å². The SMILES string of the molecule is CCCCCCCCCCCCCCCCCCN=Cc1ccc(OCCCCCC)cc1O. The van der Waals surface area contributed by atoms with E-state index in [9.17, 15) is 5.11 Å². The number of ether oxygens (including phenoxy) is 1. The van der Waals surface area contributed by atoms with Crippen molar-refractivity contribution in [2.45, 2.75) is 142 Å². The number of phenolic OH excluding ortho intramolecular Hbond substituents is 1. The predicted octanol–water partition coefficient (Wildman–Crippen LogP) is 10.0. The van der Waals surface area contributed by atoms with Gasteiger partial charge in [0.15, 0.2) is 0 Å². The van der Waals surface area contributed by atoms with Crippen LogP contribution in [0, 0.1) is 0 Å². The van der Waals surface area contributed by atoms with E-state index in [1.54, 1.807) is 12.3 Å². The van der Waals surface area contributed by atoms with Crippen molar-refractivity contribution in [3.63, 3.8) is 0 Å². The van der Waals surface area contributed by atoms with Crippen molar-refractivity contribution in [2.75, 3.05) is 13.2 Å². The zero-order chi connectivity index (χ0) is 24.5. The molecule has 0 spiro atoms. The monoisotopic (exact) mass is 473 g/mol. The van der Waals surface area contributed by atoms with Gasteiger partial charge >= 0.3 is 0 Å². The maximum atomic E-state index is 10.2. The van der Waals surface area contributed by atoms with Crippen LogP contribution in [0.4, 0.5) is 0 Å². The Labute approximate surface area is 211 Å². The summed E-state index contributed by atoms with van der Waals surface area (Å²) >= 11 is 0. The molecule has 1 rings (SSSR count). The van der Waals surface area contributed by atoms with E-state index in [1.165, 1.54) is 116 Å². The molecule has 0 bridgehead atoms. The van der Waals surface area contributed by atoms with Crippen LogP contribution in [-0.2, 0) is 0 Å². The molecule has 196 valence electrons. The first-order chi connectivity index (χ1) is 16.8. The first-order valence-electron chi connectivity index (χ1n) is 14.7. The molecule has 3 nitrogen and oxygen atoms in total. The first kappa shape index (κ1) is 30.5. The normalized spacial score (nSPS) is 11.5. The minimum absolute atomic E-state index is 0.252. The zero-order valence-electron chi connectivity index (χ0n) is 22.7. The number of rotatable bonds is 24. The standard InChI is InChI=1S/C31H55NO2/c1-3-5-7-9-10-11-12-13-14-15-16-17-18-19-20-21-25-32-28-29-23-24-30(27-31(29)33)34-26-22-8-6-4-2/h23-24,27-28,33H,3-22,25-26H2,1-2H3. The van der Waals surface area contributed by atoms with Crippen molar-refractivity contribution < 1.29 is 9.84 Å². The molecule has 0 amide bonds. The van der Waals surface area contributed by atoms with Gasteiger partial charge < -0.3 is 9.84 Å². The van der Waals surface area contributed by atoms with Crippen LogP contribution in [0.15, 0.2) is 23.2 Å². The van der Waals surface area contributed by atoms with E-state index in [4.69, 9.17) is 4.74 Å². The average Bonchev–Trinajstić information content (AvgIpc) is 2.84. The summed E-state index contributed by atoms with van der Waals surface area (Å²) in [4.78, 5) is 4.51. The fraction of sp³-hybridized carbons (Fsp3) is 0.774. The summed E-state index contributed by atoms with van der Waals surface area (Å²) in [6.07, 6.45) is 28.7. The fourth-order valence-electron chi connectivity index (χ4n) is 4.36. The van der Waals surface area contributed by atoms with Gasteiger partial charge in [0.1, 0.15) is 11.5 Å². The molecular formula is C31H55NO2. The van der Waals surface area contributed by atoms with Gasteiger partial charge in [-0.25, -0.2) is 0 Å². The van der Waals surface area contributed by atoms with Gasteiger partial charge in [0.05, 0.1) is 6.61 Å². The highest BCUT2D eigenvalue weighted by molar-refractivity contribution is 5.83. The minimum Gasteiger partial charge on any atom is -0.507 e. The summed E-state index contributed by atoms with van der Waals surface area (Å²) < 4.78 is 5.73. The Kier molecular flexibility index (Phi) is 20.9. The molecule has 0 saturated carbocycles. The Bertz CT molecular complexity index is 599. The van der Waals surface area contributed by atoms with Crippen molar-refractivity contribution >= 4 is 6.21 Å². The van der Waals surface area contributed by atoms with Gasteiger partial charge in [-0.3, -0.25) is 4.99 Å². The van der Waals surface area contributed by atoms with Crippen LogP contribution in [0.25, 0.3) is 0 Å². The molecule has 1 aromatic rings. The third-order valence-electron chi connectivity index (χ3n) is 6.64. The molecule has 1 aromatic carbocycles. The molecule has 1 N–H and O–H groups in total. The van der Waals surface area contributed by atoms with E-state index < -0.39 is 0 Å². The highest BCUT2D eigenvalue weighted by Crippen LogP contribution is 2.22. The molecule has 0 aliphatic heterocycles. The van der Waals surface area contributed by atoms with Crippen LogP contribution in [0.1, 0.15) is 148 Å². The zero-order valence-corrected chi connectivity index (χ0v) is 22.7. The summed E-state index contributed by atoms with van der Waals surface area (Å²) in [5.41, 5.74) is 0.773. The summed E-state index contributed by atoms with van der Waals surface area (Å²) in [5.74, 6) is 0.991. The lowest BCUT2D eigenvalue weighted by Crippen LogP contribution is -1.97. The quantitative estimate of drug-likeness (QED) is 0.120. The summed E-state index contributed by atoms with van der Waals surface area (Å²) in [6.45, 7) is 6.05. The van der Waals surface area contributed by atoms with Gasteiger partial charge in [-0.05, 0) is 25.0 Å². The molecule has 3 heteroatoms. The Morgan fingerprint density at radius 3 is 1.62 bits per heavy atom. The number of aliphatic imine (C=N–C) groups is 1. The molecule has 0 aromatic heterocycles. The van der Waals surface area contributed by atoms with Gasteiger partial charge in [0.2, 0.25) is 0 Å². The number of hydrogen-bond acceptors (Lipinski definition) is 3. The summed E-state index contributed by atoms with van der Waals surface area (Å²) in [7, 11) is 0. The van der Waals surface area contributed by atoms with Crippen molar-refractivity contribution in [3.05, 3.63) is 23.8 Å². The molecule has 0 radical (unpaired) electrons. The van der Waals surface area contributed by atoms with Gasteiger partial charge in [0.25, 0.3) is 0 Å². The van der Waals surface area contributed by atoms with E-state index in [0.29, 0.717) is 6.61 Å². The van der Waals surface area contributed by atoms with Crippen molar-refractivity contribution in [2.24, 2.45) is 4.99 Å². The van der Waals surface area contributed by atoms with Crippen LogP contribution in [-0.4, -0.2) is 24.5 Å². The predicted molar refractivity (Wildman–Crippen MR) is 150 cm³/mol. The van der Waals surface area contributed by atoms with E-state index in [-0.39, 0.29) is 5.75 Å². The molecule has 0 aliphatic carbocycles. The average molecular weight is 474 g/mol. The Hall–Kier alpha value is -1.51. The van der Waals surface area contributed by atoms with Crippen LogP contribution < -0.4 is 4.74 Å². The number of hydrogen-bond donors (Lipinski definition) is 1. The number of nitrogens with zero attached hydrogens (tertiary/aromatic N) is 1. The number of phenols is 1. The number of benzene rings is 1. The molecule has 34 heavy (non-hydrogen) atoms. The van der Waals surface area contributed by atoms with Crippen molar-refractivity contribution in [1.82, 2.24) is 0 Å². The fourth-order valence-corrected chi connectivity index (χ4v) is 4.36. The summed E-state index contributed by atoms with van der Waals surface area (Å²) in [6, 6.07) is 5.53. The smallest absolute Gasteiger partial charge is 0.128 e. The van der Waals surface area contributed by atoms with E-state index in [0.717, 1.165) is 30.7 Å². The maximum absolute atomic E-state index is 10.2. The minimum atomic E-state index is 0.252. The topological polar surface area (TPSA) is 41.8 Å². The van der Waals surface area contributed by atoms with Crippen molar-refractivity contribution in [3.8, 4) is 11.5 Å². The molecule has 0 heterocycles. The van der Waals surface area contributed by atoms with Gasteiger partial charge in [-0.15, -0.1) is 0 Å². The lowest BCUT2D eigenvalue weighted by molar-refractivity contribution is 0.303. The Morgan fingerprint density at radius 2 is 1.12 bits per heavy atom. The number of aromatic hydroxyl groups is 1. The Balaban J connectivity index is 1.93. The first-order valence-corrected chi connectivity index (χ1v) is 14.7. The molecule has 0 atom stereocenters.